The molecule has 1 N–H and O–H groups in total. The van der Waals surface area contributed by atoms with Gasteiger partial charge in [-0.25, -0.2) is 4.98 Å². The number of pyridine rings is 1. The molecule has 0 amide bonds. The average molecular weight is 216 g/mol. The normalized spacial score (nSPS) is 13.3. The van der Waals surface area contributed by atoms with Crippen LogP contribution >= 0.6 is 0 Å². The standard InChI is InChI=1S/C10H11F3N2/c1-3-7(2)15-9-6-8(4-5-14-9)10(11,12)13/h3-7H,1H2,2H3,(H,14,15). The van der Waals surface area contributed by atoms with Crippen molar-refractivity contribution in [3.05, 3.63) is 36.5 Å². The lowest BCUT2D eigenvalue weighted by atomic mass is 10.2. The summed E-state index contributed by atoms with van der Waals surface area (Å²) in [5, 5.41) is 2.77. The Morgan fingerprint density at radius 2 is 2.20 bits per heavy atom. The van der Waals surface area contributed by atoms with Crippen molar-refractivity contribution in [1.82, 2.24) is 4.98 Å². The van der Waals surface area contributed by atoms with Gasteiger partial charge < -0.3 is 5.32 Å². The van der Waals surface area contributed by atoms with Gasteiger partial charge in [-0.2, -0.15) is 13.2 Å². The van der Waals surface area contributed by atoms with E-state index in [9.17, 15) is 13.2 Å². The quantitative estimate of drug-likeness (QED) is 0.785. The maximum Gasteiger partial charge on any atom is 0.416 e. The molecule has 1 unspecified atom stereocenters. The molecule has 0 bridgehead atoms. The Bertz CT molecular complexity index is 347. The molecule has 0 aliphatic heterocycles. The highest BCUT2D eigenvalue weighted by Crippen LogP contribution is 2.29. The van der Waals surface area contributed by atoms with Crippen molar-refractivity contribution in [1.29, 1.82) is 0 Å². The van der Waals surface area contributed by atoms with Crippen LogP contribution in [-0.2, 0) is 6.18 Å². The molecule has 82 valence electrons. The lowest BCUT2D eigenvalue weighted by Gasteiger charge is -2.12. The Morgan fingerprint density at radius 3 is 2.73 bits per heavy atom. The molecular weight excluding hydrogens is 205 g/mol. The molecular formula is C10H11F3N2. The Morgan fingerprint density at radius 1 is 1.53 bits per heavy atom. The second-order valence-electron chi connectivity index (χ2n) is 3.10. The summed E-state index contributed by atoms with van der Waals surface area (Å²) in [6.07, 6.45) is -1.63. The summed E-state index contributed by atoms with van der Waals surface area (Å²) in [6, 6.07) is 1.78. The predicted molar refractivity (Wildman–Crippen MR) is 52.5 cm³/mol. The summed E-state index contributed by atoms with van der Waals surface area (Å²) in [6.45, 7) is 5.29. The first kappa shape index (κ1) is 11.6. The van der Waals surface area contributed by atoms with Crippen LogP contribution in [0.15, 0.2) is 31.0 Å². The first-order valence-corrected chi connectivity index (χ1v) is 4.36. The summed E-state index contributed by atoms with van der Waals surface area (Å²) in [4.78, 5) is 3.78. The van der Waals surface area contributed by atoms with Crippen molar-refractivity contribution in [3.8, 4) is 0 Å². The van der Waals surface area contributed by atoms with Gasteiger partial charge in [0.2, 0.25) is 0 Å². The molecule has 0 saturated heterocycles. The van der Waals surface area contributed by atoms with Crippen LogP contribution in [0.3, 0.4) is 0 Å². The van der Waals surface area contributed by atoms with E-state index in [0.717, 1.165) is 18.3 Å². The van der Waals surface area contributed by atoms with Gasteiger partial charge in [0.25, 0.3) is 0 Å². The van der Waals surface area contributed by atoms with E-state index in [0.29, 0.717) is 0 Å². The van der Waals surface area contributed by atoms with Crippen molar-refractivity contribution in [2.45, 2.75) is 19.1 Å². The molecule has 1 heterocycles. The van der Waals surface area contributed by atoms with Crippen LogP contribution in [0.1, 0.15) is 12.5 Å². The van der Waals surface area contributed by atoms with Crippen LogP contribution in [0, 0.1) is 0 Å². The van der Waals surface area contributed by atoms with E-state index in [-0.39, 0.29) is 11.9 Å². The fourth-order valence-electron chi connectivity index (χ4n) is 0.978. The van der Waals surface area contributed by atoms with E-state index in [1.54, 1.807) is 13.0 Å². The zero-order valence-electron chi connectivity index (χ0n) is 8.17. The van der Waals surface area contributed by atoms with Gasteiger partial charge >= 0.3 is 6.18 Å². The van der Waals surface area contributed by atoms with Crippen molar-refractivity contribution in [2.75, 3.05) is 5.32 Å². The molecule has 5 heteroatoms. The summed E-state index contributed by atoms with van der Waals surface area (Å²) < 4.78 is 36.9. The van der Waals surface area contributed by atoms with Crippen molar-refractivity contribution in [3.63, 3.8) is 0 Å². The third-order valence-corrected chi connectivity index (χ3v) is 1.82. The average Bonchev–Trinajstić information content (AvgIpc) is 2.17. The number of alkyl halides is 3. The number of anilines is 1. The number of hydrogen-bond acceptors (Lipinski definition) is 2. The van der Waals surface area contributed by atoms with Gasteiger partial charge in [-0.05, 0) is 19.1 Å². The molecule has 15 heavy (non-hydrogen) atoms. The fourth-order valence-corrected chi connectivity index (χ4v) is 0.978. The second kappa shape index (κ2) is 4.33. The van der Waals surface area contributed by atoms with E-state index in [2.05, 4.69) is 16.9 Å². The van der Waals surface area contributed by atoms with E-state index in [1.807, 2.05) is 0 Å². The highest BCUT2D eigenvalue weighted by molar-refractivity contribution is 5.40. The van der Waals surface area contributed by atoms with Gasteiger partial charge in [0.1, 0.15) is 5.82 Å². The maximum absolute atomic E-state index is 12.3. The molecule has 1 aromatic rings. The zero-order valence-corrected chi connectivity index (χ0v) is 8.17. The molecule has 0 spiro atoms. The minimum Gasteiger partial charge on any atom is -0.364 e. The Kier molecular flexibility index (Phi) is 3.34. The van der Waals surface area contributed by atoms with Gasteiger partial charge in [0, 0.05) is 12.2 Å². The lowest BCUT2D eigenvalue weighted by Crippen LogP contribution is -2.13. The van der Waals surface area contributed by atoms with Gasteiger partial charge in [-0.3, -0.25) is 0 Å². The third kappa shape index (κ3) is 3.27. The zero-order chi connectivity index (χ0) is 11.5. The van der Waals surface area contributed by atoms with Crippen molar-refractivity contribution >= 4 is 5.82 Å². The highest BCUT2D eigenvalue weighted by atomic mass is 19.4. The molecule has 1 atom stereocenters. The molecule has 1 rings (SSSR count). The maximum atomic E-state index is 12.3. The Balaban J connectivity index is 2.88. The largest absolute Gasteiger partial charge is 0.416 e. The lowest BCUT2D eigenvalue weighted by molar-refractivity contribution is -0.137. The molecule has 0 fully saturated rings. The second-order valence-corrected chi connectivity index (χ2v) is 3.10. The van der Waals surface area contributed by atoms with E-state index in [1.165, 1.54) is 0 Å². The van der Waals surface area contributed by atoms with Crippen molar-refractivity contribution in [2.24, 2.45) is 0 Å². The Hall–Kier alpha value is -1.52. The number of hydrogen-bond donors (Lipinski definition) is 1. The van der Waals surface area contributed by atoms with E-state index in [4.69, 9.17) is 0 Å². The predicted octanol–water partition coefficient (Wildman–Crippen LogP) is 3.09. The molecule has 1 aromatic heterocycles. The number of nitrogens with zero attached hydrogens (tertiary/aromatic N) is 1. The first-order chi connectivity index (χ1) is 6.93. The topological polar surface area (TPSA) is 24.9 Å². The summed E-state index contributed by atoms with van der Waals surface area (Å²) in [5.74, 6) is 0.192. The smallest absolute Gasteiger partial charge is 0.364 e. The molecule has 0 aliphatic carbocycles. The van der Waals surface area contributed by atoms with Crippen molar-refractivity contribution < 1.29 is 13.2 Å². The molecule has 0 saturated carbocycles. The molecule has 0 radical (unpaired) electrons. The number of nitrogens with one attached hydrogen (secondary N) is 1. The highest BCUT2D eigenvalue weighted by Gasteiger charge is 2.30. The van der Waals surface area contributed by atoms with Crippen LogP contribution in [0.2, 0.25) is 0 Å². The van der Waals surface area contributed by atoms with Crippen LogP contribution in [0.4, 0.5) is 19.0 Å². The monoisotopic (exact) mass is 216 g/mol. The summed E-state index contributed by atoms with van der Waals surface area (Å²) >= 11 is 0. The molecule has 0 aromatic carbocycles. The number of aromatic nitrogens is 1. The molecule has 0 aliphatic rings. The van der Waals surface area contributed by atoms with Crippen LogP contribution in [0.5, 0.6) is 0 Å². The minimum atomic E-state index is -4.34. The molecule has 2 nitrogen and oxygen atoms in total. The van der Waals surface area contributed by atoms with Gasteiger partial charge in [-0.1, -0.05) is 6.08 Å². The van der Waals surface area contributed by atoms with Crippen LogP contribution < -0.4 is 5.32 Å². The number of halogens is 3. The first-order valence-electron chi connectivity index (χ1n) is 4.36. The number of rotatable bonds is 3. The Labute approximate surface area is 85.8 Å². The third-order valence-electron chi connectivity index (χ3n) is 1.82. The van der Waals surface area contributed by atoms with E-state index < -0.39 is 11.7 Å². The van der Waals surface area contributed by atoms with Crippen LogP contribution in [0.25, 0.3) is 0 Å². The SMILES string of the molecule is C=CC(C)Nc1cc(C(F)(F)F)ccn1. The van der Waals surface area contributed by atoms with E-state index >= 15 is 0 Å². The fraction of sp³-hybridized carbons (Fsp3) is 0.300. The van der Waals surface area contributed by atoms with Gasteiger partial charge in [-0.15, -0.1) is 6.58 Å². The van der Waals surface area contributed by atoms with Crippen LogP contribution in [-0.4, -0.2) is 11.0 Å². The minimum absolute atomic E-state index is 0.124. The van der Waals surface area contributed by atoms with Gasteiger partial charge in [0.15, 0.2) is 0 Å². The van der Waals surface area contributed by atoms with Gasteiger partial charge in [0.05, 0.1) is 5.56 Å². The summed E-state index contributed by atoms with van der Waals surface area (Å²) in [5.41, 5.74) is -0.712. The summed E-state index contributed by atoms with van der Waals surface area (Å²) in [7, 11) is 0.